The second kappa shape index (κ2) is 9.16. The first-order valence-corrected chi connectivity index (χ1v) is 7.58. The highest BCUT2D eigenvalue weighted by Crippen LogP contribution is 2.02. The van der Waals surface area contributed by atoms with E-state index in [1.54, 1.807) is 6.92 Å². The number of aromatic nitrogens is 2. The first-order chi connectivity index (χ1) is 9.52. The molecule has 2 N–H and O–H groups in total. The monoisotopic (exact) mass is 395 g/mol. The van der Waals surface area contributed by atoms with Crippen LogP contribution in [0.15, 0.2) is 12.4 Å². The van der Waals surface area contributed by atoms with Gasteiger partial charge in [0.25, 0.3) is 5.91 Å². The van der Waals surface area contributed by atoms with E-state index >= 15 is 0 Å². The molecule has 0 aromatic carbocycles. The van der Waals surface area contributed by atoms with Crippen LogP contribution in [0.3, 0.4) is 0 Å². The lowest BCUT2D eigenvalue weighted by atomic mass is 10.3. The smallest absolute Gasteiger partial charge is 0.256 e. The maximum atomic E-state index is 11.7. The third-order valence-electron chi connectivity index (χ3n) is 2.30. The molecule has 8 heteroatoms. The highest BCUT2D eigenvalue weighted by molar-refractivity contribution is 14.1. The van der Waals surface area contributed by atoms with Gasteiger partial charge < -0.3 is 19.9 Å². The number of aliphatic hydroxyl groups is 1. The Labute approximate surface area is 131 Å². The van der Waals surface area contributed by atoms with E-state index in [1.807, 2.05) is 6.92 Å². The van der Waals surface area contributed by atoms with Gasteiger partial charge in [0, 0.05) is 0 Å². The van der Waals surface area contributed by atoms with E-state index in [4.69, 9.17) is 9.47 Å². The molecule has 20 heavy (non-hydrogen) atoms. The lowest BCUT2D eigenvalue weighted by molar-refractivity contribution is -0.129. The van der Waals surface area contributed by atoms with Crippen molar-refractivity contribution in [2.24, 2.45) is 0 Å². The van der Waals surface area contributed by atoms with Gasteiger partial charge in [-0.25, -0.2) is 4.98 Å². The Hall–Kier alpha value is -0.840. The molecule has 0 saturated carbocycles. The molecular weight excluding hydrogens is 377 g/mol. The normalized spacial score (nSPS) is 13.8. The van der Waals surface area contributed by atoms with Gasteiger partial charge in [0.2, 0.25) is 0 Å². The number of halogens is 1. The van der Waals surface area contributed by atoms with E-state index in [2.05, 4.69) is 37.9 Å². The van der Waals surface area contributed by atoms with Crippen LogP contribution >= 0.6 is 22.6 Å². The molecule has 0 aliphatic carbocycles. The summed E-state index contributed by atoms with van der Waals surface area (Å²) in [6.45, 7) is 3.92. The number of alkyl halides is 1. The van der Waals surface area contributed by atoms with Crippen molar-refractivity contribution in [2.45, 2.75) is 26.1 Å². The van der Waals surface area contributed by atoms with Crippen LogP contribution in [0.4, 0.5) is 5.82 Å². The maximum absolute atomic E-state index is 11.7. The molecule has 1 aromatic heterocycles. The van der Waals surface area contributed by atoms with E-state index in [-0.39, 0.29) is 12.7 Å². The van der Waals surface area contributed by atoms with Gasteiger partial charge in [-0.3, -0.25) is 9.78 Å². The lowest BCUT2D eigenvalue weighted by Crippen LogP contribution is -2.34. The summed E-state index contributed by atoms with van der Waals surface area (Å²) in [5, 5.41) is 12.1. The number of carbonyl (C=O) groups excluding carboxylic acids is 1. The van der Waals surface area contributed by atoms with Crippen LogP contribution in [-0.2, 0) is 14.3 Å². The summed E-state index contributed by atoms with van der Waals surface area (Å²) in [5.74, 6) is -0.286. The number of nitrogens with one attached hydrogen (secondary N) is 1. The van der Waals surface area contributed by atoms with Crippen LogP contribution < -0.4 is 5.32 Å². The number of aryl methyl sites for hydroxylation is 1. The van der Waals surface area contributed by atoms with E-state index in [0.29, 0.717) is 17.0 Å². The minimum atomic E-state index is -1.26. The second-order valence-electron chi connectivity index (χ2n) is 4.17. The highest BCUT2D eigenvalue weighted by Gasteiger charge is 2.17. The van der Waals surface area contributed by atoms with Gasteiger partial charge in [-0.15, -0.1) is 0 Å². The van der Waals surface area contributed by atoms with Gasteiger partial charge in [0.05, 0.1) is 42.0 Å². The van der Waals surface area contributed by atoms with Crippen molar-refractivity contribution in [3.63, 3.8) is 0 Å². The third-order valence-corrected chi connectivity index (χ3v) is 2.74. The van der Waals surface area contributed by atoms with Crippen LogP contribution in [0, 0.1) is 6.92 Å². The molecule has 112 valence electrons. The highest BCUT2D eigenvalue weighted by atomic mass is 127. The van der Waals surface area contributed by atoms with Crippen LogP contribution in [0.5, 0.6) is 0 Å². The standard InChI is InChI=1S/C12H18IN3O4/c1-8-3-15-11(4-14-8)16-12(18)10(17)6-20-9(2)5-19-7-13/h3-4,9-10,17H,5-7H2,1-2H3,(H,15,16,18). The molecule has 0 bridgehead atoms. The predicted octanol–water partition coefficient (Wildman–Crippen LogP) is 0.899. The lowest BCUT2D eigenvalue weighted by Gasteiger charge is -2.15. The number of nitrogens with zero attached hydrogens (tertiary/aromatic N) is 2. The van der Waals surface area contributed by atoms with Gasteiger partial charge in [0.1, 0.15) is 0 Å². The van der Waals surface area contributed by atoms with E-state index < -0.39 is 12.0 Å². The summed E-state index contributed by atoms with van der Waals surface area (Å²) in [6, 6.07) is 0. The van der Waals surface area contributed by atoms with Crippen LogP contribution in [0.25, 0.3) is 0 Å². The zero-order valence-electron chi connectivity index (χ0n) is 11.4. The molecule has 0 spiro atoms. The molecule has 1 aromatic rings. The molecular formula is C12H18IN3O4. The minimum Gasteiger partial charge on any atom is -0.381 e. The molecule has 2 atom stereocenters. The average Bonchev–Trinajstić information content (AvgIpc) is 2.44. The molecule has 0 fully saturated rings. The number of ether oxygens (including phenoxy) is 2. The first-order valence-electron chi connectivity index (χ1n) is 6.05. The molecule has 7 nitrogen and oxygen atoms in total. The number of carbonyl (C=O) groups is 1. The summed E-state index contributed by atoms with van der Waals surface area (Å²) in [5.41, 5.74) is 0.746. The quantitative estimate of drug-likeness (QED) is 0.502. The fraction of sp³-hybridized carbons (Fsp3) is 0.583. The van der Waals surface area contributed by atoms with Gasteiger partial charge in [-0.05, 0) is 13.8 Å². The molecule has 1 rings (SSSR count). The Kier molecular flexibility index (Phi) is 7.88. The Balaban J connectivity index is 2.33. The average molecular weight is 395 g/mol. The summed E-state index contributed by atoms with van der Waals surface area (Å²) in [7, 11) is 0. The second-order valence-corrected chi connectivity index (χ2v) is 4.79. The molecule has 2 unspecified atom stereocenters. The van der Waals surface area contributed by atoms with Crippen LogP contribution in [0.2, 0.25) is 0 Å². The number of aliphatic hydroxyl groups excluding tert-OH is 1. The van der Waals surface area contributed by atoms with Gasteiger partial charge in [0.15, 0.2) is 11.9 Å². The van der Waals surface area contributed by atoms with Gasteiger partial charge in [-0.1, -0.05) is 22.6 Å². The zero-order valence-corrected chi connectivity index (χ0v) is 13.5. The van der Waals surface area contributed by atoms with Crippen molar-refractivity contribution >= 4 is 34.3 Å². The molecule has 1 amide bonds. The summed E-state index contributed by atoms with van der Waals surface area (Å²) in [6.07, 6.45) is 1.51. The summed E-state index contributed by atoms with van der Waals surface area (Å²) in [4.78, 5) is 19.6. The minimum absolute atomic E-state index is 0.100. The number of rotatable bonds is 8. The Morgan fingerprint density at radius 3 is 2.80 bits per heavy atom. The number of anilines is 1. The van der Waals surface area contributed by atoms with Crippen molar-refractivity contribution in [3.8, 4) is 0 Å². The van der Waals surface area contributed by atoms with Crippen molar-refractivity contribution in [1.29, 1.82) is 0 Å². The molecule has 0 radical (unpaired) electrons. The topological polar surface area (TPSA) is 93.6 Å². The fourth-order valence-electron chi connectivity index (χ4n) is 1.26. The number of hydrogen-bond acceptors (Lipinski definition) is 6. The fourth-order valence-corrected chi connectivity index (χ4v) is 1.51. The largest absolute Gasteiger partial charge is 0.381 e. The first kappa shape index (κ1) is 17.2. The summed E-state index contributed by atoms with van der Waals surface area (Å²) < 4.78 is 11.0. The molecule has 0 saturated heterocycles. The maximum Gasteiger partial charge on any atom is 0.256 e. The zero-order chi connectivity index (χ0) is 15.0. The Morgan fingerprint density at radius 2 is 2.20 bits per heavy atom. The molecule has 0 aliphatic heterocycles. The predicted molar refractivity (Wildman–Crippen MR) is 81.7 cm³/mol. The van der Waals surface area contributed by atoms with Gasteiger partial charge >= 0.3 is 0 Å². The van der Waals surface area contributed by atoms with Crippen LogP contribution in [-0.4, -0.2) is 51.0 Å². The van der Waals surface area contributed by atoms with Crippen LogP contribution in [0.1, 0.15) is 12.6 Å². The third kappa shape index (κ3) is 6.55. The van der Waals surface area contributed by atoms with Crippen molar-refractivity contribution in [1.82, 2.24) is 9.97 Å². The number of hydrogen-bond donors (Lipinski definition) is 2. The number of amides is 1. The Morgan fingerprint density at radius 1 is 1.45 bits per heavy atom. The van der Waals surface area contributed by atoms with Crippen molar-refractivity contribution in [3.05, 3.63) is 18.1 Å². The molecule has 0 aliphatic rings. The van der Waals surface area contributed by atoms with E-state index in [9.17, 15) is 9.90 Å². The Bertz CT molecular complexity index is 416. The van der Waals surface area contributed by atoms with E-state index in [0.717, 1.165) is 5.69 Å². The van der Waals surface area contributed by atoms with Gasteiger partial charge in [-0.2, -0.15) is 0 Å². The van der Waals surface area contributed by atoms with Crippen molar-refractivity contribution in [2.75, 3.05) is 23.1 Å². The van der Waals surface area contributed by atoms with E-state index in [1.165, 1.54) is 12.4 Å². The molecule has 1 heterocycles. The SMILES string of the molecule is Cc1cnc(NC(=O)C(O)COC(C)COCI)cn1. The van der Waals surface area contributed by atoms with Crippen molar-refractivity contribution < 1.29 is 19.4 Å². The summed E-state index contributed by atoms with van der Waals surface area (Å²) >= 11 is 2.08.